The number of anilines is 1. The first-order valence-electron chi connectivity index (χ1n) is 6.44. The Balaban J connectivity index is 2.58. The molecule has 7 heteroatoms. The van der Waals surface area contributed by atoms with Crippen LogP contribution in [0.1, 0.15) is 13.8 Å². The summed E-state index contributed by atoms with van der Waals surface area (Å²) >= 11 is 5.95. The van der Waals surface area contributed by atoms with Crippen LogP contribution in [-0.2, 0) is 9.59 Å². The van der Waals surface area contributed by atoms with Crippen LogP contribution in [-0.4, -0.2) is 36.7 Å². The molecule has 116 valence electrons. The number of hydrogen-bond donors (Lipinski definition) is 3. The van der Waals surface area contributed by atoms with Crippen LogP contribution in [0, 0.1) is 5.92 Å². The van der Waals surface area contributed by atoms with E-state index in [0.29, 0.717) is 16.5 Å². The number of carbonyl (C=O) groups is 2. The zero-order valence-corrected chi connectivity index (χ0v) is 12.9. The molecule has 1 aromatic rings. The van der Waals surface area contributed by atoms with Gasteiger partial charge in [0.2, 0.25) is 5.91 Å². The van der Waals surface area contributed by atoms with Crippen LogP contribution in [0.3, 0.4) is 0 Å². The van der Waals surface area contributed by atoms with E-state index in [0.717, 1.165) is 0 Å². The lowest BCUT2D eigenvalue weighted by atomic mass is 10.1. The molecule has 0 aromatic heterocycles. The molecule has 1 unspecified atom stereocenters. The van der Waals surface area contributed by atoms with Crippen molar-refractivity contribution in [3.8, 4) is 5.75 Å². The van der Waals surface area contributed by atoms with Gasteiger partial charge in [0.1, 0.15) is 11.8 Å². The van der Waals surface area contributed by atoms with E-state index in [1.54, 1.807) is 32.0 Å². The summed E-state index contributed by atoms with van der Waals surface area (Å²) in [6.07, 6.45) is 0. The lowest BCUT2D eigenvalue weighted by Gasteiger charge is -2.17. The molecule has 0 fully saturated rings. The molecule has 0 heterocycles. The summed E-state index contributed by atoms with van der Waals surface area (Å²) in [5.41, 5.74) is 0.518. The van der Waals surface area contributed by atoms with Gasteiger partial charge in [-0.3, -0.25) is 14.9 Å². The van der Waals surface area contributed by atoms with Crippen molar-refractivity contribution in [3.05, 3.63) is 23.2 Å². The average molecular weight is 315 g/mol. The predicted octanol–water partition coefficient (Wildman–Crippen LogP) is 1.99. The van der Waals surface area contributed by atoms with Gasteiger partial charge in [0.25, 0.3) is 0 Å². The molecule has 0 spiro atoms. The largest absolute Gasteiger partial charge is 0.495 e. The van der Waals surface area contributed by atoms with E-state index in [4.69, 9.17) is 21.4 Å². The predicted molar refractivity (Wildman–Crippen MR) is 80.9 cm³/mol. The Morgan fingerprint density at radius 1 is 1.38 bits per heavy atom. The van der Waals surface area contributed by atoms with Gasteiger partial charge in [-0.2, -0.15) is 0 Å². The number of nitrogens with one attached hydrogen (secondary N) is 2. The summed E-state index contributed by atoms with van der Waals surface area (Å²) in [4.78, 5) is 22.8. The van der Waals surface area contributed by atoms with Crippen molar-refractivity contribution in [2.45, 2.75) is 19.9 Å². The first kappa shape index (κ1) is 17.3. The molecule has 0 bridgehead atoms. The summed E-state index contributed by atoms with van der Waals surface area (Å²) in [7, 11) is 1.50. The van der Waals surface area contributed by atoms with Crippen LogP contribution in [0.4, 0.5) is 5.69 Å². The normalized spacial score (nSPS) is 12.0. The third-order valence-corrected chi connectivity index (χ3v) is 3.15. The van der Waals surface area contributed by atoms with E-state index in [-0.39, 0.29) is 18.4 Å². The Morgan fingerprint density at radius 3 is 2.52 bits per heavy atom. The molecule has 0 aliphatic heterocycles. The second-order valence-electron chi connectivity index (χ2n) is 4.84. The van der Waals surface area contributed by atoms with Crippen LogP contribution in [0.15, 0.2) is 18.2 Å². The van der Waals surface area contributed by atoms with Gasteiger partial charge in [0.15, 0.2) is 0 Å². The zero-order valence-electron chi connectivity index (χ0n) is 12.1. The third-order valence-electron chi connectivity index (χ3n) is 2.85. The average Bonchev–Trinajstić information content (AvgIpc) is 2.38. The van der Waals surface area contributed by atoms with Gasteiger partial charge in [-0.25, -0.2) is 0 Å². The molecule has 21 heavy (non-hydrogen) atoms. The van der Waals surface area contributed by atoms with Gasteiger partial charge in [0.05, 0.1) is 18.7 Å². The van der Waals surface area contributed by atoms with E-state index < -0.39 is 12.0 Å². The summed E-state index contributed by atoms with van der Waals surface area (Å²) in [5, 5.41) is 14.7. The van der Waals surface area contributed by atoms with E-state index in [2.05, 4.69) is 10.6 Å². The lowest BCUT2D eigenvalue weighted by Crippen LogP contribution is -2.44. The van der Waals surface area contributed by atoms with Crippen LogP contribution < -0.4 is 15.4 Å². The number of hydrogen-bond acceptors (Lipinski definition) is 4. The van der Waals surface area contributed by atoms with Gasteiger partial charge < -0.3 is 15.2 Å². The fraction of sp³-hybridized carbons (Fsp3) is 0.429. The number of carboxylic acids is 1. The fourth-order valence-corrected chi connectivity index (χ4v) is 2.02. The maximum Gasteiger partial charge on any atom is 0.320 e. The number of methoxy groups -OCH3 is 1. The summed E-state index contributed by atoms with van der Waals surface area (Å²) in [5.74, 6) is -0.933. The minimum Gasteiger partial charge on any atom is -0.495 e. The van der Waals surface area contributed by atoms with Crippen molar-refractivity contribution >= 4 is 29.2 Å². The molecule has 0 saturated heterocycles. The van der Waals surface area contributed by atoms with Crippen LogP contribution in [0.25, 0.3) is 0 Å². The molecule has 0 saturated carbocycles. The molecule has 1 atom stereocenters. The summed E-state index contributed by atoms with van der Waals surface area (Å²) in [6.45, 7) is 3.44. The van der Waals surface area contributed by atoms with Crippen molar-refractivity contribution < 1.29 is 19.4 Å². The Morgan fingerprint density at radius 2 is 2.05 bits per heavy atom. The molecule has 0 radical (unpaired) electrons. The third kappa shape index (κ3) is 5.24. The number of benzene rings is 1. The highest BCUT2D eigenvalue weighted by molar-refractivity contribution is 6.32. The standard InChI is InChI=1S/C14H19ClN2O4/c1-8(2)13(14(19)20)16-7-12(18)17-9-4-5-11(21-3)10(15)6-9/h4-6,8,13,16H,7H2,1-3H3,(H,17,18)(H,19,20). The number of ether oxygens (including phenoxy) is 1. The maximum atomic E-state index is 11.8. The molecule has 1 aromatic carbocycles. The van der Waals surface area contributed by atoms with Crippen LogP contribution >= 0.6 is 11.6 Å². The molecule has 6 nitrogen and oxygen atoms in total. The summed E-state index contributed by atoms with van der Waals surface area (Å²) < 4.78 is 5.01. The van der Waals surface area contributed by atoms with E-state index in [1.807, 2.05) is 0 Å². The zero-order chi connectivity index (χ0) is 16.0. The Hall–Kier alpha value is -1.79. The summed E-state index contributed by atoms with van der Waals surface area (Å²) in [6, 6.07) is 4.09. The van der Waals surface area contributed by atoms with E-state index in [9.17, 15) is 9.59 Å². The minimum absolute atomic E-state index is 0.0984. The molecule has 1 amide bonds. The van der Waals surface area contributed by atoms with Gasteiger partial charge in [0, 0.05) is 5.69 Å². The van der Waals surface area contributed by atoms with Gasteiger partial charge in [-0.15, -0.1) is 0 Å². The quantitative estimate of drug-likeness (QED) is 0.716. The second-order valence-corrected chi connectivity index (χ2v) is 5.25. The Labute approximate surface area is 128 Å². The van der Waals surface area contributed by atoms with Gasteiger partial charge >= 0.3 is 5.97 Å². The molecular formula is C14H19ClN2O4. The topological polar surface area (TPSA) is 87.7 Å². The number of halogens is 1. The number of aliphatic carboxylic acids is 1. The fourth-order valence-electron chi connectivity index (χ4n) is 1.76. The van der Waals surface area contributed by atoms with Crippen molar-refractivity contribution in [3.63, 3.8) is 0 Å². The number of rotatable bonds is 7. The number of amides is 1. The molecule has 1 rings (SSSR count). The van der Waals surface area contributed by atoms with Gasteiger partial charge in [-0.1, -0.05) is 25.4 Å². The molecular weight excluding hydrogens is 296 g/mol. The SMILES string of the molecule is COc1ccc(NC(=O)CNC(C(=O)O)C(C)C)cc1Cl. The maximum absolute atomic E-state index is 11.8. The van der Waals surface area contributed by atoms with Crippen LogP contribution in [0.5, 0.6) is 5.75 Å². The highest BCUT2D eigenvalue weighted by atomic mass is 35.5. The van der Waals surface area contributed by atoms with Crippen molar-refractivity contribution in [2.24, 2.45) is 5.92 Å². The lowest BCUT2D eigenvalue weighted by molar-refractivity contribution is -0.140. The molecule has 3 N–H and O–H groups in total. The monoisotopic (exact) mass is 314 g/mol. The second kappa shape index (κ2) is 7.85. The number of carbonyl (C=O) groups excluding carboxylic acids is 1. The minimum atomic E-state index is -0.981. The van der Waals surface area contributed by atoms with E-state index >= 15 is 0 Å². The van der Waals surface area contributed by atoms with Crippen molar-refractivity contribution in [1.82, 2.24) is 5.32 Å². The molecule has 0 aliphatic carbocycles. The van der Waals surface area contributed by atoms with Crippen molar-refractivity contribution in [2.75, 3.05) is 19.0 Å². The number of carboxylic acid groups (broad SMARTS) is 1. The Bertz CT molecular complexity index is 520. The molecule has 0 aliphatic rings. The highest BCUT2D eigenvalue weighted by Gasteiger charge is 2.21. The Kier molecular flexibility index (Phi) is 6.45. The smallest absolute Gasteiger partial charge is 0.320 e. The highest BCUT2D eigenvalue weighted by Crippen LogP contribution is 2.27. The van der Waals surface area contributed by atoms with Crippen LogP contribution in [0.2, 0.25) is 5.02 Å². The van der Waals surface area contributed by atoms with Crippen molar-refractivity contribution in [1.29, 1.82) is 0 Å². The first-order valence-corrected chi connectivity index (χ1v) is 6.82. The first-order chi connectivity index (χ1) is 9.85. The van der Waals surface area contributed by atoms with E-state index in [1.165, 1.54) is 7.11 Å². The van der Waals surface area contributed by atoms with Gasteiger partial charge in [-0.05, 0) is 24.1 Å².